The number of rotatable bonds is 4. The quantitative estimate of drug-likeness (QED) is 0.899. The first-order valence-corrected chi connectivity index (χ1v) is 6.11. The van der Waals surface area contributed by atoms with E-state index < -0.39 is 17.5 Å². The van der Waals surface area contributed by atoms with Crippen molar-refractivity contribution in [2.75, 3.05) is 17.2 Å². The van der Waals surface area contributed by atoms with E-state index in [9.17, 15) is 13.6 Å². The number of carbonyl (C=O) groups excluding carboxylic acids is 1. The number of hydrogen-bond donors (Lipinski definition) is 2. The highest BCUT2D eigenvalue weighted by Gasteiger charge is 2.09. The number of para-hydroxylation sites is 2. The number of amides is 1. The molecule has 2 rings (SSSR count). The van der Waals surface area contributed by atoms with Gasteiger partial charge in [-0.25, -0.2) is 8.78 Å². The lowest BCUT2D eigenvalue weighted by Gasteiger charge is -2.11. The molecule has 2 aromatic carbocycles. The monoisotopic (exact) mass is 276 g/mol. The van der Waals surface area contributed by atoms with E-state index in [2.05, 4.69) is 10.6 Å². The van der Waals surface area contributed by atoms with Crippen LogP contribution in [-0.2, 0) is 4.79 Å². The average Bonchev–Trinajstić information content (AvgIpc) is 2.41. The van der Waals surface area contributed by atoms with Crippen LogP contribution in [0.15, 0.2) is 42.5 Å². The van der Waals surface area contributed by atoms with Gasteiger partial charge in [-0.2, -0.15) is 0 Å². The fourth-order valence-electron chi connectivity index (χ4n) is 1.78. The second-order valence-corrected chi connectivity index (χ2v) is 4.31. The fourth-order valence-corrected chi connectivity index (χ4v) is 1.78. The van der Waals surface area contributed by atoms with Crippen LogP contribution in [0.2, 0.25) is 0 Å². The van der Waals surface area contributed by atoms with Gasteiger partial charge >= 0.3 is 0 Å². The smallest absolute Gasteiger partial charge is 0.243 e. The minimum Gasteiger partial charge on any atom is -0.374 e. The Morgan fingerprint density at radius 3 is 2.45 bits per heavy atom. The highest BCUT2D eigenvalue weighted by atomic mass is 19.1. The molecular weight excluding hydrogens is 262 g/mol. The van der Waals surface area contributed by atoms with Gasteiger partial charge in [0.05, 0.1) is 17.9 Å². The van der Waals surface area contributed by atoms with E-state index in [1.54, 1.807) is 25.1 Å². The molecule has 0 spiro atoms. The van der Waals surface area contributed by atoms with Crippen molar-refractivity contribution in [2.45, 2.75) is 6.92 Å². The molecule has 1 amide bonds. The first-order chi connectivity index (χ1) is 9.58. The lowest BCUT2D eigenvalue weighted by Crippen LogP contribution is -2.23. The SMILES string of the molecule is Cc1cccc(F)c1NCC(=O)Nc1ccccc1F. The van der Waals surface area contributed by atoms with Gasteiger partial charge in [0.25, 0.3) is 0 Å². The van der Waals surface area contributed by atoms with E-state index in [0.717, 1.165) is 0 Å². The Bertz CT molecular complexity index is 609. The minimum atomic E-state index is -0.511. The molecule has 0 atom stereocenters. The normalized spacial score (nSPS) is 10.2. The molecule has 0 aromatic heterocycles. The Morgan fingerprint density at radius 1 is 1.05 bits per heavy atom. The highest BCUT2D eigenvalue weighted by Crippen LogP contribution is 2.18. The van der Waals surface area contributed by atoms with Crippen molar-refractivity contribution in [3.8, 4) is 0 Å². The molecule has 0 saturated carbocycles. The predicted octanol–water partition coefficient (Wildman–Crippen LogP) is 3.32. The Morgan fingerprint density at radius 2 is 1.75 bits per heavy atom. The number of anilines is 2. The highest BCUT2D eigenvalue weighted by molar-refractivity contribution is 5.93. The number of aryl methyl sites for hydroxylation is 1. The Labute approximate surface area is 115 Å². The maximum atomic E-state index is 13.5. The summed E-state index contributed by atoms with van der Waals surface area (Å²) in [5, 5.41) is 5.13. The molecule has 104 valence electrons. The van der Waals surface area contributed by atoms with E-state index in [1.807, 2.05) is 0 Å². The van der Waals surface area contributed by atoms with Crippen molar-refractivity contribution in [1.82, 2.24) is 0 Å². The molecule has 0 aliphatic rings. The van der Waals surface area contributed by atoms with Gasteiger partial charge in [0.1, 0.15) is 11.6 Å². The Kier molecular flexibility index (Phi) is 4.30. The Balaban J connectivity index is 1.98. The number of carbonyl (C=O) groups is 1. The summed E-state index contributed by atoms with van der Waals surface area (Å²) in [6, 6.07) is 10.5. The number of nitrogens with one attached hydrogen (secondary N) is 2. The molecule has 20 heavy (non-hydrogen) atoms. The van der Waals surface area contributed by atoms with Crippen molar-refractivity contribution in [2.24, 2.45) is 0 Å². The van der Waals surface area contributed by atoms with Gasteiger partial charge < -0.3 is 10.6 Å². The molecule has 0 saturated heterocycles. The second-order valence-electron chi connectivity index (χ2n) is 4.31. The summed E-state index contributed by atoms with van der Waals surface area (Å²) < 4.78 is 26.9. The first kappa shape index (κ1) is 14.0. The summed E-state index contributed by atoms with van der Waals surface area (Å²) in [5.41, 5.74) is 1.07. The summed E-state index contributed by atoms with van der Waals surface area (Å²) in [6.07, 6.45) is 0. The topological polar surface area (TPSA) is 41.1 Å². The lowest BCUT2D eigenvalue weighted by atomic mass is 10.2. The minimum absolute atomic E-state index is 0.101. The zero-order valence-electron chi connectivity index (χ0n) is 10.9. The van der Waals surface area contributed by atoms with Crippen molar-refractivity contribution in [3.05, 3.63) is 59.7 Å². The van der Waals surface area contributed by atoms with Crippen LogP contribution in [0, 0.1) is 18.6 Å². The van der Waals surface area contributed by atoms with Crippen molar-refractivity contribution >= 4 is 17.3 Å². The van der Waals surface area contributed by atoms with E-state index in [-0.39, 0.29) is 17.9 Å². The van der Waals surface area contributed by atoms with Crippen LogP contribution in [-0.4, -0.2) is 12.5 Å². The van der Waals surface area contributed by atoms with Gasteiger partial charge in [0, 0.05) is 0 Å². The van der Waals surface area contributed by atoms with Crippen molar-refractivity contribution in [1.29, 1.82) is 0 Å². The summed E-state index contributed by atoms with van der Waals surface area (Å²) in [7, 11) is 0. The summed E-state index contributed by atoms with van der Waals surface area (Å²) in [4.78, 5) is 11.7. The largest absolute Gasteiger partial charge is 0.374 e. The first-order valence-electron chi connectivity index (χ1n) is 6.11. The van der Waals surface area contributed by atoms with E-state index >= 15 is 0 Å². The molecule has 0 bridgehead atoms. The fraction of sp³-hybridized carbons (Fsp3) is 0.133. The van der Waals surface area contributed by atoms with Gasteiger partial charge in [-0.05, 0) is 30.7 Å². The second kappa shape index (κ2) is 6.14. The molecule has 0 aliphatic carbocycles. The van der Waals surface area contributed by atoms with Crippen molar-refractivity contribution < 1.29 is 13.6 Å². The Hall–Kier alpha value is -2.43. The van der Waals surface area contributed by atoms with E-state index in [0.29, 0.717) is 5.56 Å². The summed E-state index contributed by atoms with van der Waals surface area (Å²) in [6.45, 7) is 1.59. The number of benzene rings is 2. The third-order valence-corrected chi connectivity index (χ3v) is 2.80. The predicted molar refractivity (Wildman–Crippen MR) is 74.7 cm³/mol. The van der Waals surface area contributed by atoms with Crippen LogP contribution < -0.4 is 10.6 Å². The maximum Gasteiger partial charge on any atom is 0.243 e. The van der Waals surface area contributed by atoms with Gasteiger partial charge in [0.2, 0.25) is 5.91 Å². The van der Waals surface area contributed by atoms with Crippen LogP contribution in [0.5, 0.6) is 0 Å². The van der Waals surface area contributed by atoms with Crippen molar-refractivity contribution in [3.63, 3.8) is 0 Å². The molecular formula is C15H14F2N2O. The molecule has 0 fully saturated rings. The lowest BCUT2D eigenvalue weighted by molar-refractivity contribution is -0.114. The molecule has 0 unspecified atom stereocenters. The third-order valence-electron chi connectivity index (χ3n) is 2.80. The molecule has 0 aliphatic heterocycles. The van der Waals surface area contributed by atoms with Gasteiger partial charge in [0.15, 0.2) is 0 Å². The van der Waals surface area contributed by atoms with Crippen LogP contribution in [0.4, 0.5) is 20.2 Å². The van der Waals surface area contributed by atoms with Gasteiger partial charge in [-0.15, -0.1) is 0 Å². The van der Waals surface area contributed by atoms with Crippen LogP contribution >= 0.6 is 0 Å². The zero-order valence-corrected chi connectivity index (χ0v) is 10.9. The molecule has 5 heteroatoms. The van der Waals surface area contributed by atoms with E-state index in [1.165, 1.54) is 24.3 Å². The summed E-state index contributed by atoms with van der Waals surface area (Å²) >= 11 is 0. The zero-order chi connectivity index (χ0) is 14.5. The summed E-state index contributed by atoms with van der Waals surface area (Å²) in [5.74, 6) is -1.38. The van der Waals surface area contributed by atoms with Crippen LogP contribution in [0.1, 0.15) is 5.56 Å². The molecule has 2 N–H and O–H groups in total. The van der Waals surface area contributed by atoms with E-state index in [4.69, 9.17) is 0 Å². The molecule has 3 nitrogen and oxygen atoms in total. The molecule has 0 heterocycles. The van der Waals surface area contributed by atoms with Crippen LogP contribution in [0.25, 0.3) is 0 Å². The third kappa shape index (κ3) is 3.32. The standard InChI is InChI=1S/C15H14F2N2O/c1-10-5-4-7-12(17)15(10)18-9-14(20)19-13-8-3-2-6-11(13)16/h2-8,18H,9H2,1H3,(H,19,20). The van der Waals surface area contributed by atoms with Gasteiger partial charge in [-0.3, -0.25) is 4.79 Å². The molecule has 0 radical (unpaired) electrons. The maximum absolute atomic E-state index is 13.5. The van der Waals surface area contributed by atoms with Crippen LogP contribution in [0.3, 0.4) is 0 Å². The number of hydrogen-bond acceptors (Lipinski definition) is 2. The number of halogens is 2. The molecule has 2 aromatic rings. The average molecular weight is 276 g/mol. The van der Waals surface area contributed by atoms with Gasteiger partial charge in [-0.1, -0.05) is 24.3 Å².